The molecule has 0 N–H and O–H groups in total. The number of benzene rings is 1. The molecule has 18 heavy (non-hydrogen) atoms. The van der Waals surface area contributed by atoms with Gasteiger partial charge in [-0.3, -0.25) is 9.98 Å². The van der Waals surface area contributed by atoms with Gasteiger partial charge < -0.3 is 0 Å². The Hall–Kier alpha value is -2.22. The lowest BCUT2D eigenvalue weighted by atomic mass is 9.95. The molecule has 3 rings (SSSR count). The van der Waals surface area contributed by atoms with Gasteiger partial charge in [0, 0.05) is 23.5 Å². The lowest BCUT2D eigenvalue weighted by Crippen LogP contribution is -2.02. The molecule has 1 aromatic heterocycles. The molecule has 1 aromatic carbocycles. The summed E-state index contributed by atoms with van der Waals surface area (Å²) in [5.74, 6) is 0. The van der Waals surface area contributed by atoms with Gasteiger partial charge in [0.2, 0.25) is 0 Å². The van der Waals surface area contributed by atoms with Crippen LogP contribution in [0.15, 0.2) is 65.4 Å². The fourth-order valence-electron chi connectivity index (χ4n) is 2.29. The van der Waals surface area contributed by atoms with Crippen LogP contribution < -0.4 is 0 Å². The van der Waals surface area contributed by atoms with E-state index in [9.17, 15) is 0 Å². The number of allylic oxidation sites excluding steroid dienone is 1. The molecule has 0 atom stereocenters. The topological polar surface area (TPSA) is 25.2 Å². The van der Waals surface area contributed by atoms with Crippen molar-refractivity contribution in [2.45, 2.75) is 6.92 Å². The van der Waals surface area contributed by atoms with Crippen molar-refractivity contribution in [2.24, 2.45) is 4.99 Å². The Balaban J connectivity index is 2.08. The highest BCUT2D eigenvalue weighted by Gasteiger charge is 2.19. The lowest BCUT2D eigenvalue weighted by molar-refractivity contribution is 1.18. The standard InChI is InChI=1S/C16H14N2/c1-12-11-18-16(14-7-9-17-10-8-14)15(12)13-5-3-2-4-6-13/h2-10H,11H2,1H3. The molecule has 1 aliphatic rings. The second kappa shape index (κ2) is 4.57. The zero-order valence-corrected chi connectivity index (χ0v) is 10.3. The second-order valence-corrected chi connectivity index (χ2v) is 4.42. The molecule has 2 aromatic rings. The van der Waals surface area contributed by atoms with Gasteiger partial charge in [-0.25, -0.2) is 0 Å². The van der Waals surface area contributed by atoms with E-state index in [2.05, 4.69) is 41.2 Å². The first-order chi connectivity index (χ1) is 8.86. The van der Waals surface area contributed by atoms with E-state index in [1.807, 2.05) is 30.6 Å². The van der Waals surface area contributed by atoms with Crippen molar-refractivity contribution in [1.29, 1.82) is 0 Å². The van der Waals surface area contributed by atoms with Gasteiger partial charge in [-0.1, -0.05) is 30.3 Å². The maximum absolute atomic E-state index is 4.66. The van der Waals surface area contributed by atoms with E-state index in [0.29, 0.717) is 0 Å². The first-order valence-electron chi connectivity index (χ1n) is 6.06. The first-order valence-corrected chi connectivity index (χ1v) is 6.06. The molecule has 0 bridgehead atoms. The van der Waals surface area contributed by atoms with Crippen LogP contribution in [-0.2, 0) is 0 Å². The summed E-state index contributed by atoms with van der Waals surface area (Å²) in [7, 11) is 0. The molecule has 1 aliphatic heterocycles. The molecule has 2 heterocycles. The summed E-state index contributed by atoms with van der Waals surface area (Å²) < 4.78 is 0. The number of hydrogen-bond donors (Lipinski definition) is 0. The van der Waals surface area contributed by atoms with Crippen LogP contribution in [0, 0.1) is 0 Å². The van der Waals surface area contributed by atoms with Gasteiger partial charge in [0.1, 0.15) is 0 Å². The van der Waals surface area contributed by atoms with E-state index in [-0.39, 0.29) is 0 Å². The quantitative estimate of drug-likeness (QED) is 0.782. The van der Waals surface area contributed by atoms with Gasteiger partial charge >= 0.3 is 0 Å². The van der Waals surface area contributed by atoms with Gasteiger partial charge in [0.15, 0.2) is 0 Å². The van der Waals surface area contributed by atoms with Crippen LogP contribution in [-0.4, -0.2) is 17.2 Å². The Bertz CT molecular complexity index is 610. The Morgan fingerprint density at radius 3 is 2.33 bits per heavy atom. The summed E-state index contributed by atoms with van der Waals surface area (Å²) in [6.45, 7) is 2.95. The van der Waals surface area contributed by atoms with Gasteiger partial charge in [0.05, 0.1) is 12.3 Å². The van der Waals surface area contributed by atoms with Crippen molar-refractivity contribution in [3.63, 3.8) is 0 Å². The minimum Gasteiger partial charge on any atom is -0.280 e. The molecule has 88 valence electrons. The fraction of sp³-hybridized carbons (Fsp3) is 0.125. The fourth-order valence-corrected chi connectivity index (χ4v) is 2.29. The van der Waals surface area contributed by atoms with Crippen molar-refractivity contribution >= 4 is 11.3 Å². The van der Waals surface area contributed by atoms with Crippen molar-refractivity contribution < 1.29 is 0 Å². The van der Waals surface area contributed by atoms with Gasteiger partial charge in [0.25, 0.3) is 0 Å². The Kier molecular flexibility index (Phi) is 2.77. The van der Waals surface area contributed by atoms with Crippen LogP contribution in [0.2, 0.25) is 0 Å². The summed E-state index contributed by atoms with van der Waals surface area (Å²) in [6, 6.07) is 14.5. The number of aromatic nitrogens is 1. The van der Waals surface area contributed by atoms with E-state index < -0.39 is 0 Å². The molecule has 0 saturated carbocycles. The molecule has 0 aliphatic carbocycles. The zero-order chi connectivity index (χ0) is 12.4. The Morgan fingerprint density at radius 2 is 1.61 bits per heavy atom. The molecule has 0 radical (unpaired) electrons. The highest BCUT2D eigenvalue weighted by Crippen LogP contribution is 2.28. The summed E-state index contributed by atoms with van der Waals surface area (Å²) in [5.41, 5.74) is 6.06. The molecule has 0 unspecified atom stereocenters. The van der Waals surface area contributed by atoms with Crippen molar-refractivity contribution in [1.82, 2.24) is 4.98 Å². The highest BCUT2D eigenvalue weighted by atomic mass is 14.8. The Labute approximate surface area is 107 Å². The normalized spacial score (nSPS) is 14.8. The minimum atomic E-state index is 0.794. The highest BCUT2D eigenvalue weighted by molar-refractivity contribution is 6.33. The average molecular weight is 234 g/mol. The van der Waals surface area contributed by atoms with Crippen molar-refractivity contribution in [2.75, 3.05) is 6.54 Å². The predicted octanol–water partition coefficient (Wildman–Crippen LogP) is 3.36. The van der Waals surface area contributed by atoms with E-state index in [4.69, 9.17) is 0 Å². The third-order valence-electron chi connectivity index (χ3n) is 3.15. The summed E-state index contributed by atoms with van der Waals surface area (Å²) in [6.07, 6.45) is 3.63. The van der Waals surface area contributed by atoms with E-state index >= 15 is 0 Å². The molecule has 0 saturated heterocycles. The van der Waals surface area contributed by atoms with Crippen molar-refractivity contribution in [3.8, 4) is 0 Å². The maximum atomic E-state index is 4.66. The van der Waals surface area contributed by atoms with Crippen LogP contribution in [0.25, 0.3) is 5.57 Å². The number of aliphatic imine (C=N–C) groups is 1. The zero-order valence-electron chi connectivity index (χ0n) is 10.3. The van der Waals surface area contributed by atoms with Gasteiger partial charge in [-0.15, -0.1) is 0 Å². The van der Waals surface area contributed by atoms with Crippen molar-refractivity contribution in [3.05, 3.63) is 71.6 Å². The van der Waals surface area contributed by atoms with Crippen LogP contribution in [0.1, 0.15) is 18.1 Å². The van der Waals surface area contributed by atoms with E-state index in [0.717, 1.165) is 17.8 Å². The molecule has 0 amide bonds. The molecule has 0 spiro atoms. The maximum Gasteiger partial charge on any atom is 0.0730 e. The van der Waals surface area contributed by atoms with E-state index in [1.165, 1.54) is 16.7 Å². The largest absolute Gasteiger partial charge is 0.280 e. The summed E-state index contributed by atoms with van der Waals surface area (Å²) >= 11 is 0. The number of pyridine rings is 1. The van der Waals surface area contributed by atoms with Gasteiger partial charge in [-0.05, 0) is 30.2 Å². The smallest absolute Gasteiger partial charge is 0.0730 e. The third-order valence-corrected chi connectivity index (χ3v) is 3.15. The minimum absolute atomic E-state index is 0.794. The molecule has 2 nitrogen and oxygen atoms in total. The van der Waals surface area contributed by atoms with Crippen LogP contribution in [0.5, 0.6) is 0 Å². The second-order valence-electron chi connectivity index (χ2n) is 4.42. The number of nitrogens with zero attached hydrogens (tertiary/aromatic N) is 2. The number of rotatable bonds is 2. The van der Waals surface area contributed by atoms with Crippen LogP contribution in [0.3, 0.4) is 0 Å². The third kappa shape index (κ3) is 1.86. The number of hydrogen-bond acceptors (Lipinski definition) is 2. The predicted molar refractivity (Wildman–Crippen MR) is 74.7 cm³/mol. The monoisotopic (exact) mass is 234 g/mol. The average Bonchev–Trinajstić information content (AvgIpc) is 2.83. The SMILES string of the molecule is CC1=C(c2ccccc2)C(c2ccncc2)=NC1. The Morgan fingerprint density at radius 1 is 0.889 bits per heavy atom. The van der Waals surface area contributed by atoms with Crippen LogP contribution >= 0.6 is 0 Å². The summed E-state index contributed by atoms with van der Waals surface area (Å²) in [4.78, 5) is 8.72. The molecule has 2 heteroatoms. The first kappa shape index (κ1) is 10.9. The van der Waals surface area contributed by atoms with Gasteiger partial charge in [-0.2, -0.15) is 0 Å². The van der Waals surface area contributed by atoms with E-state index in [1.54, 1.807) is 0 Å². The lowest BCUT2D eigenvalue weighted by Gasteiger charge is -2.08. The summed E-state index contributed by atoms with van der Waals surface area (Å²) in [5, 5.41) is 0. The molecule has 0 fully saturated rings. The van der Waals surface area contributed by atoms with Crippen LogP contribution in [0.4, 0.5) is 0 Å². The molecular formula is C16H14N2. The molecular weight excluding hydrogens is 220 g/mol.